The van der Waals surface area contributed by atoms with Crippen molar-refractivity contribution in [2.45, 2.75) is 44.6 Å². The molecule has 2 aliphatic rings. The van der Waals surface area contributed by atoms with E-state index in [-0.39, 0.29) is 36.2 Å². The van der Waals surface area contributed by atoms with Gasteiger partial charge in [0.05, 0.1) is 0 Å². The number of ether oxygens (including phenoxy) is 1. The topological polar surface area (TPSA) is 88.4 Å². The number of nitrogens with zero attached hydrogens (tertiary/aromatic N) is 1. The van der Waals surface area contributed by atoms with E-state index in [9.17, 15) is 15.0 Å². The summed E-state index contributed by atoms with van der Waals surface area (Å²) in [5.41, 5.74) is 0.116. The lowest BCUT2D eigenvalue weighted by Gasteiger charge is -2.40. The molecule has 1 aliphatic heterocycles. The average Bonchev–Trinajstić information content (AvgIpc) is 2.58. The number of aliphatic hydroxyl groups is 2. The molecule has 134 valence electrons. The number of ketones is 1. The molecule has 2 rings (SSSR count). The molecule has 1 unspecified atom stereocenters. The summed E-state index contributed by atoms with van der Waals surface area (Å²) >= 11 is 5.44. The van der Waals surface area contributed by atoms with Crippen LogP contribution in [0, 0.1) is 5.92 Å². The van der Waals surface area contributed by atoms with Gasteiger partial charge in [0.1, 0.15) is 18.0 Å². The van der Waals surface area contributed by atoms with Gasteiger partial charge < -0.3 is 19.8 Å². The fourth-order valence-electron chi connectivity index (χ4n) is 3.24. The van der Waals surface area contributed by atoms with Gasteiger partial charge >= 0.3 is 0 Å². The van der Waals surface area contributed by atoms with Crippen LogP contribution in [0.25, 0.3) is 0 Å². The SMILES string of the molecule is CCCC1=C(O)C(=NOC/C=C/Cl)C(O)(C2CCOCC2)CC1=O. The molecule has 0 saturated carbocycles. The highest BCUT2D eigenvalue weighted by atomic mass is 35.5. The second-order valence-corrected chi connectivity index (χ2v) is 6.34. The third-order valence-electron chi connectivity index (χ3n) is 4.50. The van der Waals surface area contributed by atoms with Gasteiger partial charge in [0.15, 0.2) is 11.5 Å². The first-order valence-corrected chi connectivity index (χ1v) is 8.69. The summed E-state index contributed by atoms with van der Waals surface area (Å²) in [6.45, 7) is 3.06. The van der Waals surface area contributed by atoms with Crippen molar-refractivity contribution in [1.82, 2.24) is 0 Å². The van der Waals surface area contributed by atoms with Crippen molar-refractivity contribution in [3.05, 3.63) is 22.9 Å². The number of halogens is 1. The van der Waals surface area contributed by atoms with Crippen molar-refractivity contribution in [3.63, 3.8) is 0 Å². The molecule has 0 aromatic carbocycles. The highest BCUT2D eigenvalue weighted by Crippen LogP contribution is 2.39. The molecule has 0 bridgehead atoms. The Hall–Kier alpha value is -1.37. The Morgan fingerprint density at radius 1 is 1.46 bits per heavy atom. The Labute approximate surface area is 146 Å². The summed E-state index contributed by atoms with van der Waals surface area (Å²) in [6, 6.07) is 0. The predicted molar refractivity (Wildman–Crippen MR) is 91.1 cm³/mol. The number of hydrogen-bond acceptors (Lipinski definition) is 6. The summed E-state index contributed by atoms with van der Waals surface area (Å²) in [5, 5.41) is 25.7. The quantitative estimate of drug-likeness (QED) is 0.563. The second-order valence-electron chi connectivity index (χ2n) is 6.09. The Kier molecular flexibility index (Phi) is 6.83. The maximum Gasteiger partial charge on any atom is 0.165 e. The molecular weight excluding hydrogens is 334 g/mol. The molecule has 0 spiro atoms. The molecule has 0 aromatic heterocycles. The zero-order chi connectivity index (χ0) is 17.6. The van der Waals surface area contributed by atoms with E-state index in [0.29, 0.717) is 44.5 Å². The molecule has 0 radical (unpaired) electrons. The van der Waals surface area contributed by atoms with E-state index < -0.39 is 5.60 Å². The van der Waals surface area contributed by atoms with Crippen LogP contribution in [-0.4, -0.2) is 47.1 Å². The highest BCUT2D eigenvalue weighted by Gasteiger charge is 2.50. The van der Waals surface area contributed by atoms with Crippen LogP contribution in [0.4, 0.5) is 0 Å². The molecule has 24 heavy (non-hydrogen) atoms. The van der Waals surface area contributed by atoms with Crippen LogP contribution in [0.3, 0.4) is 0 Å². The van der Waals surface area contributed by atoms with Gasteiger partial charge in [-0.1, -0.05) is 30.1 Å². The fourth-order valence-corrected chi connectivity index (χ4v) is 3.31. The number of Topliss-reactive ketones (excluding diaryl/α,β-unsaturated/α-hetero) is 1. The van der Waals surface area contributed by atoms with Crippen LogP contribution >= 0.6 is 11.6 Å². The molecular formula is C17H24ClNO5. The fraction of sp³-hybridized carbons (Fsp3) is 0.647. The van der Waals surface area contributed by atoms with Crippen molar-refractivity contribution < 1.29 is 24.6 Å². The molecule has 0 amide bonds. The zero-order valence-electron chi connectivity index (χ0n) is 13.8. The smallest absolute Gasteiger partial charge is 0.165 e. The van der Waals surface area contributed by atoms with Crippen LogP contribution in [0.2, 0.25) is 0 Å². The number of rotatable bonds is 6. The number of allylic oxidation sites excluding steroid dienone is 1. The lowest BCUT2D eigenvalue weighted by atomic mass is 9.70. The normalized spacial score (nSPS) is 28.1. The first-order valence-electron chi connectivity index (χ1n) is 8.26. The van der Waals surface area contributed by atoms with Gasteiger partial charge in [0, 0.05) is 30.7 Å². The summed E-state index contributed by atoms with van der Waals surface area (Å²) in [6.07, 6.45) is 3.80. The molecule has 1 saturated heterocycles. The minimum Gasteiger partial charge on any atom is -0.505 e. The molecule has 1 fully saturated rings. The number of carbonyl (C=O) groups excluding carboxylic acids is 1. The maximum atomic E-state index is 12.4. The van der Waals surface area contributed by atoms with Crippen LogP contribution < -0.4 is 0 Å². The lowest BCUT2D eigenvalue weighted by Crippen LogP contribution is -2.53. The molecule has 7 heteroatoms. The molecule has 6 nitrogen and oxygen atoms in total. The van der Waals surface area contributed by atoms with E-state index in [1.54, 1.807) is 6.08 Å². The van der Waals surface area contributed by atoms with Crippen molar-refractivity contribution in [2.24, 2.45) is 11.1 Å². The van der Waals surface area contributed by atoms with Crippen LogP contribution in [0.15, 0.2) is 28.1 Å². The van der Waals surface area contributed by atoms with E-state index >= 15 is 0 Å². The van der Waals surface area contributed by atoms with Gasteiger partial charge in [-0.15, -0.1) is 0 Å². The summed E-state index contributed by atoms with van der Waals surface area (Å²) in [4.78, 5) is 17.6. The maximum absolute atomic E-state index is 12.4. The van der Waals surface area contributed by atoms with Crippen molar-refractivity contribution in [2.75, 3.05) is 19.8 Å². The van der Waals surface area contributed by atoms with Gasteiger partial charge in [0.2, 0.25) is 0 Å². The van der Waals surface area contributed by atoms with Crippen molar-refractivity contribution in [3.8, 4) is 0 Å². The number of oxime groups is 1. The number of aliphatic hydroxyl groups excluding tert-OH is 1. The zero-order valence-corrected chi connectivity index (χ0v) is 14.6. The Balaban J connectivity index is 2.38. The first kappa shape index (κ1) is 19.0. The van der Waals surface area contributed by atoms with E-state index in [4.69, 9.17) is 21.2 Å². The minimum absolute atomic E-state index is 0.0421. The minimum atomic E-state index is -1.53. The molecule has 0 aromatic rings. The Morgan fingerprint density at radius 2 is 2.17 bits per heavy atom. The number of hydrogen-bond donors (Lipinski definition) is 2. The Bertz CT molecular complexity index is 551. The molecule has 1 aliphatic carbocycles. The van der Waals surface area contributed by atoms with Gasteiger partial charge in [-0.25, -0.2) is 0 Å². The predicted octanol–water partition coefficient (Wildman–Crippen LogP) is 2.85. The standard InChI is InChI=1S/C17H24ClNO5/c1-2-4-13-14(20)11-17(22,12-5-9-23-10-6-12)16(15(13)21)19-24-8-3-7-18/h3,7,12,21-22H,2,4-6,8-11H2,1H3/b7-3+,19-16?. The van der Waals surface area contributed by atoms with Crippen LogP contribution in [0.1, 0.15) is 39.0 Å². The van der Waals surface area contributed by atoms with Crippen molar-refractivity contribution >= 4 is 23.1 Å². The lowest BCUT2D eigenvalue weighted by molar-refractivity contribution is -0.122. The summed E-state index contributed by atoms with van der Waals surface area (Å²) < 4.78 is 5.33. The van der Waals surface area contributed by atoms with Gasteiger partial charge in [-0.05, 0) is 31.3 Å². The first-order chi connectivity index (χ1) is 11.5. The van der Waals surface area contributed by atoms with Gasteiger partial charge in [-0.3, -0.25) is 4.79 Å². The monoisotopic (exact) mass is 357 g/mol. The largest absolute Gasteiger partial charge is 0.505 e. The van der Waals surface area contributed by atoms with E-state index in [0.717, 1.165) is 0 Å². The van der Waals surface area contributed by atoms with Crippen LogP contribution in [-0.2, 0) is 14.4 Å². The second kappa shape index (κ2) is 8.65. The Morgan fingerprint density at radius 3 is 2.79 bits per heavy atom. The van der Waals surface area contributed by atoms with E-state index in [2.05, 4.69) is 5.16 Å². The number of carbonyl (C=O) groups is 1. The van der Waals surface area contributed by atoms with Gasteiger partial charge in [0.25, 0.3) is 0 Å². The van der Waals surface area contributed by atoms with E-state index in [1.807, 2.05) is 6.92 Å². The molecule has 1 atom stereocenters. The van der Waals surface area contributed by atoms with E-state index in [1.165, 1.54) is 5.54 Å². The third kappa shape index (κ3) is 3.99. The average molecular weight is 358 g/mol. The molecule has 2 N–H and O–H groups in total. The highest BCUT2D eigenvalue weighted by molar-refractivity contribution is 6.25. The van der Waals surface area contributed by atoms with Crippen molar-refractivity contribution in [1.29, 1.82) is 0 Å². The van der Waals surface area contributed by atoms with Gasteiger partial charge in [-0.2, -0.15) is 0 Å². The summed E-state index contributed by atoms with van der Waals surface area (Å²) in [7, 11) is 0. The summed E-state index contributed by atoms with van der Waals surface area (Å²) in [5.74, 6) is -0.702. The van der Waals surface area contributed by atoms with Crippen LogP contribution in [0.5, 0.6) is 0 Å². The third-order valence-corrected chi connectivity index (χ3v) is 4.68. The molecule has 1 heterocycles.